The molecule has 5 nitrogen and oxygen atoms in total. The van der Waals surface area contributed by atoms with Crippen LogP contribution in [0.4, 0.5) is 5.69 Å². The summed E-state index contributed by atoms with van der Waals surface area (Å²) in [5.41, 5.74) is 2.71. The van der Waals surface area contributed by atoms with Gasteiger partial charge in [-0.25, -0.2) is 0 Å². The predicted molar refractivity (Wildman–Crippen MR) is 115 cm³/mol. The van der Waals surface area contributed by atoms with E-state index in [0.717, 1.165) is 11.3 Å². The van der Waals surface area contributed by atoms with Crippen molar-refractivity contribution in [3.63, 3.8) is 0 Å². The summed E-state index contributed by atoms with van der Waals surface area (Å²) in [5, 5.41) is 2.61. The lowest BCUT2D eigenvalue weighted by Crippen LogP contribution is -2.40. The van der Waals surface area contributed by atoms with E-state index in [2.05, 4.69) is 24.4 Å². The quantitative estimate of drug-likeness (QED) is 0.615. The number of carbonyl (C=O) groups is 2. The number of carbonyl (C=O) groups excluding carboxylic acids is 2. The number of hydrogen-bond acceptors (Lipinski definition) is 5. The van der Waals surface area contributed by atoms with Gasteiger partial charge < -0.3 is 15.0 Å². The lowest BCUT2D eigenvalue weighted by atomic mass is 10.00. The molecule has 2 aromatic rings. The summed E-state index contributed by atoms with van der Waals surface area (Å²) in [4.78, 5) is 26.8. The van der Waals surface area contributed by atoms with Crippen LogP contribution in [0.25, 0.3) is 6.08 Å². The van der Waals surface area contributed by atoms with E-state index in [1.54, 1.807) is 11.0 Å². The predicted octanol–water partition coefficient (Wildman–Crippen LogP) is 3.70. The van der Waals surface area contributed by atoms with Gasteiger partial charge in [0.2, 0.25) is 0 Å². The Morgan fingerprint density at radius 3 is 2.75 bits per heavy atom. The van der Waals surface area contributed by atoms with Crippen molar-refractivity contribution >= 4 is 51.9 Å². The van der Waals surface area contributed by atoms with Crippen LogP contribution in [0.2, 0.25) is 0 Å². The van der Waals surface area contributed by atoms with Gasteiger partial charge in [-0.15, -0.1) is 0 Å². The number of ether oxygens (including phenoxy) is 1. The van der Waals surface area contributed by atoms with Crippen molar-refractivity contribution in [3.05, 3.63) is 64.6 Å². The lowest BCUT2D eigenvalue weighted by molar-refractivity contribution is -0.121. The van der Waals surface area contributed by atoms with Gasteiger partial charge in [0.25, 0.3) is 11.8 Å². The maximum Gasteiger partial charge on any atom is 0.265 e. The minimum atomic E-state index is -0.199. The van der Waals surface area contributed by atoms with Gasteiger partial charge in [0.1, 0.15) is 10.1 Å². The van der Waals surface area contributed by atoms with Crippen LogP contribution in [0.15, 0.2) is 53.4 Å². The molecule has 2 aliphatic rings. The van der Waals surface area contributed by atoms with Crippen LogP contribution in [0.5, 0.6) is 5.75 Å². The van der Waals surface area contributed by atoms with Crippen LogP contribution in [0.3, 0.4) is 0 Å². The molecule has 2 amide bonds. The van der Waals surface area contributed by atoms with Crippen molar-refractivity contribution in [3.8, 4) is 5.75 Å². The molecule has 0 aliphatic carbocycles. The second kappa shape index (κ2) is 7.77. The number of benzene rings is 2. The molecule has 28 heavy (non-hydrogen) atoms. The molecule has 0 saturated carbocycles. The Morgan fingerprint density at radius 2 is 2.04 bits per heavy atom. The van der Waals surface area contributed by atoms with Crippen LogP contribution >= 0.6 is 24.0 Å². The minimum absolute atomic E-state index is 0.0292. The van der Waals surface area contributed by atoms with Crippen LogP contribution in [0, 0.1) is 0 Å². The van der Waals surface area contributed by atoms with Crippen molar-refractivity contribution in [2.24, 2.45) is 0 Å². The molecule has 142 valence electrons. The van der Waals surface area contributed by atoms with E-state index < -0.39 is 0 Å². The van der Waals surface area contributed by atoms with Crippen LogP contribution in [0.1, 0.15) is 24.0 Å². The number of hydrogen-bond donors (Lipinski definition) is 1. The highest BCUT2D eigenvalue weighted by molar-refractivity contribution is 8.26. The fourth-order valence-electron chi connectivity index (χ4n) is 3.24. The van der Waals surface area contributed by atoms with Gasteiger partial charge in [0, 0.05) is 6.54 Å². The maximum atomic E-state index is 12.6. The lowest BCUT2D eigenvalue weighted by Gasteiger charge is -2.31. The van der Waals surface area contributed by atoms with Crippen molar-refractivity contribution in [1.82, 2.24) is 5.32 Å². The normalized spacial score (nSPS) is 18.7. The molecule has 1 atom stereocenters. The smallest absolute Gasteiger partial charge is 0.265 e. The molecule has 0 aromatic heterocycles. The number of thioether (sulfide) groups is 1. The molecule has 4 rings (SSSR count). The largest absolute Gasteiger partial charge is 0.482 e. The summed E-state index contributed by atoms with van der Waals surface area (Å²) in [5.74, 6) is 0.566. The van der Waals surface area contributed by atoms with Gasteiger partial charge >= 0.3 is 0 Å². The highest BCUT2D eigenvalue weighted by Gasteiger charge is 2.28. The fourth-order valence-corrected chi connectivity index (χ4v) is 4.29. The molecule has 1 saturated heterocycles. The van der Waals surface area contributed by atoms with E-state index in [-0.39, 0.29) is 24.3 Å². The molecule has 1 N–H and O–H groups in total. The summed E-state index contributed by atoms with van der Waals surface area (Å²) >= 11 is 6.27. The van der Waals surface area contributed by atoms with Gasteiger partial charge in [-0.3, -0.25) is 9.59 Å². The molecule has 7 heteroatoms. The summed E-state index contributed by atoms with van der Waals surface area (Å²) in [7, 11) is 0. The topological polar surface area (TPSA) is 58.6 Å². The standard InChI is InChI=1S/C21H18N2O3S2/c1-13(15-5-3-2-4-6-15)11-23-16-9-14(7-8-17(16)26-12-19(23)24)10-18-20(25)22-21(27)28-18/h2-10,13H,11-12H2,1H3,(H,22,25,27)/b18-10+. The number of thiocarbonyl (C=S) groups is 1. The molecular weight excluding hydrogens is 392 g/mol. The number of anilines is 1. The Labute approximate surface area is 172 Å². The number of nitrogens with zero attached hydrogens (tertiary/aromatic N) is 1. The Balaban J connectivity index is 1.64. The molecule has 2 aliphatic heterocycles. The van der Waals surface area contributed by atoms with Gasteiger partial charge in [-0.05, 0) is 35.3 Å². The molecule has 0 bridgehead atoms. The molecule has 1 fully saturated rings. The highest BCUT2D eigenvalue weighted by atomic mass is 32.2. The second-order valence-electron chi connectivity index (χ2n) is 6.68. The van der Waals surface area contributed by atoms with Crippen molar-refractivity contribution in [1.29, 1.82) is 0 Å². The Hall–Kier alpha value is -2.64. The van der Waals surface area contributed by atoms with E-state index in [1.807, 2.05) is 36.4 Å². The first-order valence-electron chi connectivity index (χ1n) is 8.88. The zero-order valence-corrected chi connectivity index (χ0v) is 16.8. The summed E-state index contributed by atoms with van der Waals surface area (Å²) in [6.07, 6.45) is 1.78. The minimum Gasteiger partial charge on any atom is -0.482 e. The molecule has 1 unspecified atom stereocenters. The SMILES string of the molecule is CC(CN1C(=O)COc2ccc(/C=C3/SC(=S)NC3=O)cc21)c1ccccc1. The first kappa shape index (κ1) is 18.7. The van der Waals surface area contributed by atoms with Crippen LogP contribution < -0.4 is 15.0 Å². The van der Waals surface area contributed by atoms with E-state index in [0.29, 0.717) is 21.5 Å². The number of rotatable bonds is 4. The third-order valence-corrected chi connectivity index (χ3v) is 5.85. The first-order valence-corrected chi connectivity index (χ1v) is 10.1. The second-order valence-corrected chi connectivity index (χ2v) is 8.40. The third kappa shape index (κ3) is 3.81. The molecule has 0 spiro atoms. The van der Waals surface area contributed by atoms with Gasteiger partial charge in [0.15, 0.2) is 6.61 Å². The molecular formula is C21H18N2O3S2. The van der Waals surface area contributed by atoms with Crippen molar-refractivity contribution < 1.29 is 14.3 Å². The highest BCUT2D eigenvalue weighted by Crippen LogP contribution is 2.36. The van der Waals surface area contributed by atoms with Gasteiger partial charge in [-0.2, -0.15) is 0 Å². The third-order valence-electron chi connectivity index (χ3n) is 4.69. The van der Waals surface area contributed by atoms with E-state index >= 15 is 0 Å². The molecule has 0 radical (unpaired) electrons. The van der Waals surface area contributed by atoms with Gasteiger partial charge in [-0.1, -0.05) is 67.3 Å². The number of nitrogens with one attached hydrogen (secondary N) is 1. The zero-order valence-electron chi connectivity index (χ0n) is 15.2. The monoisotopic (exact) mass is 410 g/mol. The van der Waals surface area contributed by atoms with Crippen LogP contribution in [-0.2, 0) is 9.59 Å². The number of amides is 2. The average molecular weight is 411 g/mol. The summed E-state index contributed by atoms with van der Waals surface area (Å²) < 4.78 is 6.05. The first-order chi connectivity index (χ1) is 13.5. The van der Waals surface area contributed by atoms with E-state index in [4.69, 9.17) is 17.0 Å². The summed E-state index contributed by atoms with van der Waals surface area (Å²) in [6, 6.07) is 15.7. The van der Waals surface area contributed by atoms with E-state index in [1.165, 1.54) is 17.3 Å². The van der Waals surface area contributed by atoms with Crippen LogP contribution in [-0.4, -0.2) is 29.3 Å². The van der Waals surface area contributed by atoms with Crippen molar-refractivity contribution in [2.45, 2.75) is 12.8 Å². The summed E-state index contributed by atoms with van der Waals surface area (Å²) in [6.45, 7) is 2.68. The Kier molecular flexibility index (Phi) is 5.19. The fraction of sp³-hybridized carbons (Fsp3) is 0.190. The maximum absolute atomic E-state index is 12.6. The van der Waals surface area contributed by atoms with E-state index in [9.17, 15) is 9.59 Å². The molecule has 2 aromatic carbocycles. The zero-order chi connectivity index (χ0) is 19.7. The molecule has 2 heterocycles. The van der Waals surface area contributed by atoms with Crippen molar-refractivity contribution in [2.75, 3.05) is 18.1 Å². The average Bonchev–Trinajstić information content (AvgIpc) is 3.01. The number of fused-ring (bicyclic) bond motifs is 1. The Morgan fingerprint density at radius 1 is 1.25 bits per heavy atom. The van der Waals surface area contributed by atoms with Gasteiger partial charge in [0.05, 0.1) is 10.6 Å². The Bertz CT molecular complexity index is 988.